The molecular weight excluding hydrogens is 442 g/mol. The van der Waals surface area contributed by atoms with E-state index in [1.807, 2.05) is 24.5 Å². The third-order valence-electron chi connectivity index (χ3n) is 7.81. The number of hydrogen-bond donors (Lipinski definition) is 0. The molecule has 8 nitrogen and oxygen atoms in total. The predicted octanol–water partition coefficient (Wildman–Crippen LogP) is 5.16. The highest BCUT2D eigenvalue weighted by Crippen LogP contribution is 2.49. The van der Waals surface area contributed by atoms with Crippen LogP contribution in [0.25, 0.3) is 11.0 Å². The molecule has 2 saturated carbocycles. The van der Waals surface area contributed by atoms with Gasteiger partial charge >= 0.3 is 6.09 Å². The SMILES string of the molecule is COc1cc(C2CC2)ncc1N1C[C@]2(CCC[C@](C)(Cn3cnc4ccc(C#N)cc43)C2)OC1=O. The van der Waals surface area contributed by atoms with Gasteiger partial charge in [0.1, 0.15) is 17.0 Å². The number of pyridine rings is 1. The fourth-order valence-corrected chi connectivity index (χ4v) is 6.03. The van der Waals surface area contributed by atoms with Gasteiger partial charge in [-0.2, -0.15) is 5.26 Å². The summed E-state index contributed by atoms with van der Waals surface area (Å²) >= 11 is 0. The van der Waals surface area contributed by atoms with Crippen LogP contribution in [-0.4, -0.2) is 39.9 Å². The summed E-state index contributed by atoms with van der Waals surface area (Å²) in [5.74, 6) is 1.19. The van der Waals surface area contributed by atoms with Gasteiger partial charge < -0.3 is 14.0 Å². The van der Waals surface area contributed by atoms with Gasteiger partial charge in [0.05, 0.1) is 48.8 Å². The van der Waals surface area contributed by atoms with Crippen LogP contribution in [0.15, 0.2) is 36.8 Å². The lowest BCUT2D eigenvalue weighted by Crippen LogP contribution is -2.45. The van der Waals surface area contributed by atoms with E-state index in [1.54, 1.807) is 24.3 Å². The summed E-state index contributed by atoms with van der Waals surface area (Å²) in [4.78, 5) is 23.9. The van der Waals surface area contributed by atoms with E-state index < -0.39 is 5.60 Å². The molecule has 1 aromatic carbocycles. The molecule has 180 valence electrons. The molecule has 0 bridgehead atoms. The number of methoxy groups -OCH3 is 1. The number of benzene rings is 1. The lowest BCUT2D eigenvalue weighted by molar-refractivity contribution is -0.0264. The van der Waals surface area contributed by atoms with Crippen LogP contribution in [0.3, 0.4) is 0 Å². The topological polar surface area (TPSA) is 93.3 Å². The lowest BCUT2D eigenvalue weighted by Gasteiger charge is -2.43. The first-order valence-electron chi connectivity index (χ1n) is 12.3. The monoisotopic (exact) mass is 471 g/mol. The molecule has 0 unspecified atom stereocenters. The maximum atomic E-state index is 13.1. The molecule has 1 aliphatic heterocycles. The molecule has 0 radical (unpaired) electrons. The fraction of sp³-hybridized carbons (Fsp3) is 0.481. The third-order valence-corrected chi connectivity index (χ3v) is 7.81. The summed E-state index contributed by atoms with van der Waals surface area (Å²) in [5, 5.41) is 9.32. The molecule has 3 heterocycles. The highest BCUT2D eigenvalue weighted by atomic mass is 16.6. The minimum absolute atomic E-state index is 0.0804. The Morgan fingerprint density at radius 1 is 1.26 bits per heavy atom. The van der Waals surface area contributed by atoms with E-state index in [2.05, 4.69) is 27.5 Å². The molecule has 6 rings (SSSR count). The van der Waals surface area contributed by atoms with Crippen molar-refractivity contribution >= 4 is 22.8 Å². The minimum Gasteiger partial charge on any atom is -0.494 e. The van der Waals surface area contributed by atoms with E-state index in [-0.39, 0.29) is 11.5 Å². The van der Waals surface area contributed by atoms with Gasteiger partial charge in [-0.25, -0.2) is 9.78 Å². The number of fused-ring (bicyclic) bond motifs is 1. The second-order valence-electron chi connectivity index (χ2n) is 10.7. The highest BCUT2D eigenvalue weighted by Gasteiger charge is 2.52. The van der Waals surface area contributed by atoms with E-state index >= 15 is 0 Å². The van der Waals surface area contributed by atoms with E-state index in [4.69, 9.17) is 9.47 Å². The Hall–Kier alpha value is -3.60. The van der Waals surface area contributed by atoms with E-state index in [1.165, 1.54) is 0 Å². The standard InChI is InChI=1S/C27H29N5O3/c1-26(15-31-17-30-20-7-4-18(12-28)10-22(20)31)8-3-9-27(14-26)16-32(25(33)35-27)23-13-29-21(19-5-6-19)11-24(23)34-2/h4,7,10-11,13,17,19H,3,5-6,8-9,14-16H2,1-2H3/t26-,27+/m0/s1. The molecule has 1 amide bonds. The van der Waals surface area contributed by atoms with Gasteiger partial charge in [-0.1, -0.05) is 6.92 Å². The van der Waals surface area contributed by atoms with Crippen molar-refractivity contribution in [2.75, 3.05) is 18.6 Å². The van der Waals surface area contributed by atoms with Crippen molar-refractivity contribution in [1.29, 1.82) is 5.26 Å². The van der Waals surface area contributed by atoms with Crippen LogP contribution in [0.1, 0.15) is 62.6 Å². The summed E-state index contributed by atoms with van der Waals surface area (Å²) in [6.07, 6.45) is 9.21. The fourth-order valence-electron chi connectivity index (χ4n) is 6.03. The van der Waals surface area contributed by atoms with Crippen LogP contribution in [0.4, 0.5) is 10.5 Å². The number of carbonyl (C=O) groups is 1. The van der Waals surface area contributed by atoms with Gasteiger partial charge in [0.15, 0.2) is 0 Å². The van der Waals surface area contributed by atoms with Crippen LogP contribution in [0, 0.1) is 16.7 Å². The molecule has 2 atom stereocenters. The number of carbonyl (C=O) groups excluding carboxylic acids is 1. The average molecular weight is 472 g/mol. The number of amides is 1. The van der Waals surface area contributed by atoms with E-state index in [0.717, 1.165) is 61.8 Å². The maximum Gasteiger partial charge on any atom is 0.415 e. The second-order valence-corrected chi connectivity index (χ2v) is 10.7. The van der Waals surface area contributed by atoms with E-state index in [0.29, 0.717) is 29.5 Å². The number of nitriles is 1. The highest BCUT2D eigenvalue weighted by molar-refractivity contribution is 5.92. The zero-order valence-electron chi connectivity index (χ0n) is 20.2. The van der Waals surface area contributed by atoms with Crippen LogP contribution in [-0.2, 0) is 11.3 Å². The Kier molecular flexibility index (Phi) is 4.99. The number of aromatic nitrogens is 3. The Morgan fingerprint density at radius 3 is 2.89 bits per heavy atom. The molecule has 0 N–H and O–H groups in total. The van der Waals surface area contributed by atoms with Crippen LogP contribution in [0.2, 0.25) is 0 Å². The molecule has 8 heteroatoms. The molecule has 1 saturated heterocycles. The van der Waals surface area contributed by atoms with Crippen molar-refractivity contribution in [1.82, 2.24) is 14.5 Å². The molecule has 3 aliphatic rings. The largest absolute Gasteiger partial charge is 0.494 e. The zero-order chi connectivity index (χ0) is 24.2. The van der Waals surface area contributed by atoms with Gasteiger partial charge in [-0.05, 0) is 62.1 Å². The quantitative estimate of drug-likeness (QED) is 0.510. The summed E-state index contributed by atoms with van der Waals surface area (Å²) in [6.45, 7) is 3.50. The summed E-state index contributed by atoms with van der Waals surface area (Å²) < 4.78 is 13.9. The Morgan fingerprint density at radius 2 is 2.11 bits per heavy atom. The molecule has 2 aliphatic carbocycles. The smallest absolute Gasteiger partial charge is 0.415 e. The summed E-state index contributed by atoms with van der Waals surface area (Å²) in [5.41, 5.74) is 3.55. The van der Waals surface area contributed by atoms with Crippen molar-refractivity contribution in [3.05, 3.63) is 48.0 Å². The van der Waals surface area contributed by atoms with Crippen molar-refractivity contribution in [3.63, 3.8) is 0 Å². The Balaban J connectivity index is 1.25. The van der Waals surface area contributed by atoms with Crippen LogP contribution >= 0.6 is 0 Å². The lowest BCUT2D eigenvalue weighted by atomic mass is 9.68. The second kappa shape index (κ2) is 7.98. The zero-order valence-corrected chi connectivity index (χ0v) is 20.2. The number of ether oxygens (including phenoxy) is 2. The van der Waals surface area contributed by atoms with Crippen molar-refractivity contribution in [3.8, 4) is 11.8 Å². The van der Waals surface area contributed by atoms with Gasteiger partial charge in [-0.3, -0.25) is 9.88 Å². The predicted molar refractivity (Wildman–Crippen MR) is 130 cm³/mol. The molecule has 35 heavy (non-hydrogen) atoms. The molecule has 3 fully saturated rings. The number of nitrogens with zero attached hydrogens (tertiary/aromatic N) is 5. The van der Waals surface area contributed by atoms with Gasteiger partial charge in [0.25, 0.3) is 0 Å². The van der Waals surface area contributed by atoms with Crippen molar-refractivity contribution < 1.29 is 14.3 Å². The normalized spacial score (nSPS) is 26.2. The average Bonchev–Trinajstić information content (AvgIpc) is 3.57. The summed E-state index contributed by atoms with van der Waals surface area (Å²) in [6, 6.07) is 9.77. The minimum atomic E-state index is -0.543. The molecule has 2 aromatic heterocycles. The number of anilines is 1. The summed E-state index contributed by atoms with van der Waals surface area (Å²) in [7, 11) is 1.64. The van der Waals surface area contributed by atoms with Crippen LogP contribution in [0.5, 0.6) is 5.75 Å². The van der Waals surface area contributed by atoms with Gasteiger partial charge in [-0.15, -0.1) is 0 Å². The number of imidazole rings is 1. The third kappa shape index (κ3) is 3.89. The number of rotatable bonds is 5. The van der Waals surface area contributed by atoms with E-state index in [9.17, 15) is 10.1 Å². The van der Waals surface area contributed by atoms with Crippen molar-refractivity contribution in [2.24, 2.45) is 5.41 Å². The Bertz CT molecular complexity index is 1360. The first-order chi connectivity index (χ1) is 16.9. The first kappa shape index (κ1) is 21.9. The molecule has 1 spiro atoms. The van der Waals surface area contributed by atoms with Crippen molar-refractivity contribution in [2.45, 2.75) is 63.5 Å². The van der Waals surface area contributed by atoms with Gasteiger partial charge in [0.2, 0.25) is 0 Å². The first-order valence-corrected chi connectivity index (χ1v) is 12.3. The molecular formula is C27H29N5O3. The van der Waals surface area contributed by atoms with Gasteiger partial charge in [0, 0.05) is 24.2 Å². The Labute approximate surface area is 204 Å². The van der Waals surface area contributed by atoms with Crippen LogP contribution < -0.4 is 9.64 Å². The molecule has 3 aromatic rings. The maximum absolute atomic E-state index is 13.1. The number of hydrogen-bond acceptors (Lipinski definition) is 6.